The number of amides is 1. The molecule has 0 spiro atoms. The fourth-order valence-electron chi connectivity index (χ4n) is 1.73. The smallest absolute Gasteiger partial charge is 0.257 e. The lowest BCUT2D eigenvalue weighted by atomic mass is 10.2. The molecule has 1 aromatic rings. The topological polar surface area (TPSA) is 65.5 Å². The number of anilines is 1. The van der Waals surface area contributed by atoms with Crippen molar-refractivity contribution in [3.63, 3.8) is 0 Å². The van der Waals surface area contributed by atoms with Gasteiger partial charge in [-0.05, 0) is 25.3 Å². The van der Waals surface area contributed by atoms with Gasteiger partial charge in [0.05, 0.1) is 5.56 Å². The monoisotopic (exact) mass is 251 g/mol. The normalized spacial score (nSPS) is 10.2. The molecule has 0 aliphatic carbocycles. The van der Waals surface area contributed by atoms with Gasteiger partial charge in [0.1, 0.15) is 0 Å². The van der Waals surface area contributed by atoms with Crippen LogP contribution in [0.1, 0.15) is 29.6 Å². The second kappa shape index (κ2) is 7.66. The van der Waals surface area contributed by atoms with Crippen LogP contribution < -0.4 is 5.32 Å². The highest BCUT2D eigenvalue weighted by Gasteiger charge is 2.14. The summed E-state index contributed by atoms with van der Waals surface area (Å²) in [5, 5.41) is 11.7. The van der Waals surface area contributed by atoms with Crippen molar-refractivity contribution in [1.29, 1.82) is 0 Å². The Morgan fingerprint density at radius 2 is 2.22 bits per heavy atom. The molecule has 0 fully saturated rings. The van der Waals surface area contributed by atoms with Crippen LogP contribution in [0.25, 0.3) is 0 Å². The van der Waals surface area contributed by atoms with Crippen LogP contribution in [0.15, 0.2) is 18.5 Å². The Morgan fingerprint density at radius 1 is 1.44 bits per heavy atom. The van der Waals surface area contributed by atoms with Gasteiger partial charge in [0.25, 0.3) is 5.91 Å². The van der Waals surface area contributed by atoms with Crippen LogP contribution in [0, 0.1) is 0 Å². The first-order valence-electron chi connectivity index (χ1n) is 6.18. The largest absolute Gasteiger partial charge is 0.396 e. The summed E-state index contributed by atoms with van der Waals surface area (Å²) >= 11 is 0. The highest BCUT2D eigenvalue weighted by atomic mass is 16.2. The second-order valence-electron chi connectivity index (χ2n) is 4.18. The van der Waals surface area contributed by atoms with Gasteiger partial charge in [-0.25, -0.2) is 0 Å². The molecule has 5 heteroatoms. The molecule has 5 nitrogen and oxygen atoms in total. The van der Waals surface area contributed by atoms with E-state index in [2.05, 4.69) is 10.3 Å². The number of aromatic nitrogens is 1. The molecule has 0 radical (unpaired) electrons. The number of rotatable bonds is 7. The first kappa shape index (κ1) is 14.4. The van der Waals surface area contributed by atoms with Crippen molar-refractivity contribution >= 4 is 11.6 Å². The van der Waals surface area contributed by atoms with Crippen molar-refractivity contribution in [1.82, 2.24) is 9.88 Å². The highest BCUT2D eigenvalue weighted by Crippen LogP contribution is 2.14. The van der Waals surface area contributed by atoms with Crippen molar-refractivity contribution < 1.29 is 9.90 Å². The lowest BCUT2D eigenvalue weighted by Crippen LogP contribution is -2.28. The van der Waals surface area contributed by atoms with E-state index < -0.39 is 0 Å². The molecule has 1 aromatic heterocycles. The zero-order valence-electron chi connectivity index (χ0n) is 11.0. The molecule has 1 amide bonds. The summed E-state index contributed by atoms with van der Waals surface area (Å²) in [7, 11) is 3.57. The summed E-state index contributed by atoms with van der Waals surface area (Å²) in [6.45, 7) is 0.904. The quantitative estimate of drug-likeness (QED) is 0.718. The molecule has 0 aliphatic heterocycles. The van der Waals surface area contributed by atoms with Gasteiger partial charge in [-0.15, -0.1) is 0 Å². The predicted molar refractivity (Wildman–Crippen MR) is 71.7 cm³/mol. The molecule has 1 heterocycles. The minimum Gasteiger partial charge on any atom is -0.396 e. The number of hydrogen-bond donors (Lipinski definition) is 2. The van der Waals surface area contributed by atoms with Gasteiger partial charge in [-0.2, -0.15) is 0 Å². The van der Waals surface area contributed by atoms with E-state index in [9.17, 15) is 4.79 Å². The molecule has 0 unspecified atom stereocenters. The van der Waals surface area contributed by atoms with Crippen molar-refractivity contribution in [2.75, 3.05) is 32.6 Å². The molecule has 0 aliphatic rings. The molecular formula is C13H21N3O2. The second-order valence-corrected chi connectivity index (χ2v) is 4.18. The maximum absolute atomic E-state index is 12.2. The standard InChI is InChI=1S/C13H21N3O2/c1-14-12-6-7-15-10-11(12)13(18)16(2)8-4-3-5-9-17/h6-7,10,17H,3-5,8-9H2,1-2H3,(H,14,15). The maximum atomic E-state index is 12.2. The van der Waals surface area contributed by atoms with Gasteiger partial charge in [0.2, 0.25) is 0 Å². The molecule has 1 rings (SSSR count). The molecule has 0 saturated carbocycles. The summed E-state index contributed by atoms with van der Waals surface area (Å²) in [6, 6.07) is 1.78. The number of aliphatic hydroxyl groups is 1. The fourth-order valence-corrected chi connectivity index (χ4v) is 1.73. The van der Waals surface area contributed by atoms with Crippen molar-refractivity contribution in [3.8, 4) is 0 Å². The Bertz CT molecular complexity index is 382. The molecule has 0 saturated heterocycles. The summed E-state index contributed by atoms with van der Waals surface area (Å²) in [4.78, 5) is 17.9. The average Bonchev–Trinajstić information content (AvgIpc) is 2.42. The van der Waals surface area contributed by atoms with Gasteiger partial charge in [0.15, 0.2) is 0 Å². The van der Waals surface area contributed by atoms with E-state index in [-0.39, 0.29) is 12.5 Å². The molecule has 2 N–H and O–H groups in total. The van der Waals surface area contributed by atoms with Crippen LogP contribution in [-0.2, 0) is 0 Å². The van der Waals surface area contributed by atoms with E-state index in [0.717, 1.165) is 24.9 Å². The zero-order chi connectivity index (χ0) is 13.4. The van der Waals surface area contributed by atoms with Crippen LogP contribution >= 0.6 is 0 Å². The molecule has 18 heavy (non-hydrogen) atoms. The Kier molecular flexibility index (Phi) is 6.14. The average molecular weight is 251 g/mol. The first-order chi connectivity index (χ1) is 8.70. The van der Waals surface area contributed by atoms with E-state index in [4.69, 9.17) is 5.11 Å². The third-order valence-corrected chi connectivity index (χ3v) is 2.82. The molecule has 0 aromatic carbocycles. The minimum atomic E-state index is -0.0311. The van der Waals surface area contributed by atoms with Crippen LogP contribution in [0.3, 0.4) is 0 Å². The highest BCUT2D eigenvalue weighted by molar-refractivity contribution is 5.99. The van der Waals surface area contributed by atoms with Crippen LogP contribution in [-0.4, -0.2) is 48.1 Å². The third kappa shape index (κ3) is 4.00. The van der Waals surface area contributed by atoms with Gasteiger partial charge in [-0.1, -0.05) is 0 Å². The molecule has 0 atom stereocenters. The summed E-state index contributed by atoms with van der Waals surface area (Å²) in [6.07, 6.45) is 5.86. The molecule has 0 bridgehead atoms. The van der Waals surface area contributed by atoms with E-state index >= 15 is 0 Å². The summed E-state index contributed by atoms with van der Waals surface area (Å²) < 4.78 is 0. The number of nitrogens with zero attached hydrogens (tertiary/aromatic N) is 2. The molecular weight excluding hydrogens is 230 g/mol. The van der Waals surface area contributed by atoms with Crippen LogP contribution in [0.2, 0.25) is 0 Å². The van der Waals surface area contributed by atoms with Crippen LogP contribution in [0.4, 0.5) is 5.69 Å². The van der Waals surface area contributed by atoms with E-state index in [0.29, 0.717) is 12.1 Å². The zero-order valence-corrected chi connectivity index (χ0v) is 11.0. The number of nitrogens with one attached hydrogen (secondary N) is 1. The van der Waals surface area contributed by atoms with Gasteiger partial charge in [-0.3, -0.25) is 9.78 Å². The number of carbonyl (C=O) groups is 1. The SMILES string of the molecule is CNc1ccncc1C(=O)N(C)CCCCCO. The number of pyridine rings is 1. The Labute approximate surface area is 108 Å². The van der Waals surface area contributed by atoms with Crippen molar-refractivity contribution in [3.05, 3.63) is 24.0 Å². The van der Waals surface area contributed by atoms with Gasteiger partial charge >= 0.3 is 0 Å². The van der Waals surface area contributed by atoms with Gasteiger partial charge < -0.3 is 15.3 Å². The number of hydrogen-bond acceptors (Lipinski definition) is 4. The summed E-state index contributed by atoms with van der Waals surface area (Å²) in [5.74, 6) is -0.0311. The van der Waals surface area contributed by atoms with Crippen molar-refractivity contribution in [2.24, 2.45) is 0 Å². The Balaban J connectivity index is 2.57. The number of unbranched alkanes of at least 4 members (excludes halogenated alkanes) is 2. The molecule has 100 valence electrons. The lowest BCUT2D eigenvalue weighted by molar-refractivity contribution is 0.0792. The lowest BCUT2D eigenvalue weighted by Gasteiger charge is -2.18. The maximum Gasteiger partial charge on any atom is 0.257 e. The van der Waals surface area contributed by atoms with E-state index in [1.165, 1.54) is 0 Å². The fraction of sp³-hybridized carbons (Fsp3) is 0.538. The van der Waals surface area contributed by atoms with Crippen LogP contribution in [0.5, 0.6) is 0 Å². The van der Waals surface area contributed by atoms with Gasteiger partial charge in [0, 0.05) is 45.3 Å². The minimum absolute atomic E-state index is 0.0311. The first-order valence-corrected chi connectivity index (χ1v) is 6.18. The Morgan fingerprint density at radius 3 is 2.89 bits per heavy atom. The number of carbonyl (C=O) groups excluding carboxylic acids is 1. The van der Waals surface area contributed by atoms with E-state index in [1.54, 1.807) is 37.5 Å². The third-order valence-electron chi connectivity index (χ3n) is 2.82. The van der Waals surface area contributed by atoms with E-state index in [1.807, 2.05) is 0 Å². The Hall–Kier alpha value is -1.62. The summed E-state index contributed by atoms with van der Waals surface area (Å²) in [5.41, 5.74) is 1.38. The number of aliphatic hydroxyl groups excluding tert-OH is 1. The van der Waals surface area contributed by atoms with Crippen molar-refractivity contribution in [2.45, 2.75) is 19.3 Å². The predicted octanol–water partition coefficient (Wildman–Crippen LogP) is 1.36.